The van der Waals surface area contributed by atoms with E-state index in [4.69, 9.17) is 27.2 Å². The van der Waals surface area contributed by atoms with Crippen molar-refractivity contribution in [3.63, 3.8) is 0 Å². The second-order valence-corrected chi connectivity index (χ2v) is 8.77. The first-order chi connectivity index (χ1) is 17.0. The summed E-state index contributed by atoms with van der Waals surface area (Å²) in [6.45, 7) is -0.946. The van der Waals surface area contributed by atoms with Crippen LogP contribution in [0.5, 0.6) is 5.75 Å². The Kier molecular flexibility index (Phi) is 5.32. The molecule has 5 heterocycles. The predicted molar refractivity (Wildman–Crippen MR) is 126 cm³/mol. The summed E-state index contributed by atoms with van der Waals surface area (Å²) in [5, 5.41) is 10.3. The van der Waals surface area contributed by atoms with Crippen molar-refractivity contribution in [1.29, 1.82) is 0 Å². The van der Waals surface area contributed by atoms with Gasteiger partial charge >= 0.3 is 6.61 Å². The Morgan fingerprint density at radius 2 is 2.03 bits per heavy atom. The number of likely N-dealkylation sites (tertiary alicyclic amines) is 1. The van der Waals surface area contributed by atoms with Gasteiger partial charge < -0.3 is 10.5 Å². The fourth-order valence-corrected chi connectivity index (χ4v) is 4.50. The highest BCUT2D eigenvalue weighted by Gasteiger charge is 2.26. The van der Waals surface area contributed by atoms with Crippen LogP contribution in [0.2, 0.25) is 5.02 Å². The maximum Gasteiger partial charge on any atom is 0.387 e. The van der Waals surface area contributed by atoms with Gasteiger partial charge in [-0.1, -0.05) is 11.6 Å². The molecule has 35 heavy (non-hydrogen) atoms. The summed E-state index contributed by atoms with van der Waals surface area (Å²) in [6.07, 6.45) is 6.89. The number of fused-ring (bicyclic) bond motifs is 2. The van der Waals surface area contributed by atoms with Crippen LogP contribution in [0.1, 0.15) is 5.69 Å². The maximum atomic E-state index is 13.2. The van der Waals surface area contributed by atoms with Gasteiger partial charge in [0, 0.05) is 54.7 Å². The van der Waals surface area contributed by atoms with E-state index in [2.05, 4.69) is 20.0 Å². The average molecular weight is 497 g/mol. The molecule has 1 fully saturated rings. The van der Waals surface area contributed by atoms with Crippen molar-refractivity contribution in [1.82, 2.24) is 34.3 Å². The van der Waals surface area contributed by atoms with E-state index >= 15 is 0 Å². The molecule has 0 unspecified atom stereocenters. The number of ether oxygens (including phenoxy) is 1. The highest BCUT2D eigenvalue weighted by atomic mass is 35.5. The fraction of sp³-hybridized carbons (Fsp3) is 0.217. The number of hydrogen-bond acceptors (Lipinski definition) is 7. The number of nitrogens with two attached hydrogens (primary N) is 1. The molecule has 0 radical (unpaired) electrons. The molecule has 12 heteroatoms. The van der Waals surface area contributed by atoms with Crippen LogP contribution in [0.4, 0.5) is 8.78 Å². The third-order valence-electron chi connectivity index (χ3n) is 5.92. The molecule has 1 saturated heterocycles. The van der Waals surface area contributed by atoms with Crippen LogP contribution in [0, 0.1) is 0 Å². The summed E-state index contributed by atoms with van der Waals surface area (Å²) in [5.74, 6) is -0.0395. The molecular formula is C23H19ClF2N8O. The van der Waals surface area contributed by atoms with Gasteiger partial charge in [-0.3, -0.25) is 9.88 Å². The van der Waals surface area contributed by atoms with Gasteiger partial charge in [0.25, 0.3) is 0 Å². The summed E-state index contributed by atoms with van der Waals surface area (Å²) in [6, 6.07) is 8.21. The highest BCUT2D eigenvalue weighted by Crippen LogP contribution is 2.33. The van der Waals surface area contributed by atoms with Crippen molar-refractivity contribution in [2.75, 3.05) is 13.1 Å². The summed E-state index contributed by atoms with van der Waals surface area (Å²) >= 11 is 6.23. The minimum absolute atomic E-state index is 0.0395. The lowest BCUT2D eigenvalue weighted by Gasteiger charge is -2.36. The Balaban J connectivity index is 1.54. The summed E-state index contributed by atoms with van der Waals surface area (Å²) in [4.78, 5) is 11.2. The third-order valence-corrected chi connectivity index (χ3v) is 6.16. The number of halogens is 3. The van der Waals surface area contributed by atoms with Crippen LogP contribution < -0.4 is 10.5 Å². The second kappa shape index (κ2) is 8.52. The van der Waals surface area contributed by atoms with Gasteiger partial charge in [-0.05, 0) is 30.3 Å². The van der Waals surface area contributed by atoms with Crippen molar-refractivity contribution < 1.29 is 13.5 Å². The lowest BCUT2D eigenvalue weighted by Crippen LogP contribution is -2.54. The Morgan fingerprint density at radius 1 is 1.17 bits per heavy atom. The minimum Gasteiger partial charge on any atom is -0.433 e. The van der Waals surface area contributed by atoms with Crippen molar-refractivity contribution in [3.8, 4) is 22.7 Å². The molecule has 0 bridgehead atoms. The molecule has 0 aliphatic carbocycles. The molecular weight excluding hydrogens is 478 g/mol. The monoisotopic (exact) mass is 496 g/mol. The molecule has 1 aliphatic heterocycles. The quantitative estimate of drug-likeness (QED) is 0.384. The maximum absolute atomic E-state index is 13.2. The zero-order chi connectivity index (χ0) is 24.1. The van der Waals surface area contributed by atoms with Crippen LogP contribution in [-0.2, 0) is 6.54 Å². The molecule has 0 spiro atoms. The normalized spacial score (nSPS) is 14.8. The number of pyridine rings is 1. The van der Waals surface area contributed by atoms with Crippen LogP contribution in [0.15, 0.2) is 55.1 Å². The van der Waals surface area contributed by atoms with E-state index < -0.39 is 6.61 Å². The number of hydrogen-bond donors (Lipinski definition) is 1. The SMILES string of the molecule is NC1CN(Cc2nn(-c3cc(Cl)ccc3OC(F)F)c3cc(-c4cnn5cccnc45)ncc23)C1. The van der Waals surface area contributed by atoms with E-state index in [1.807, 2.05) is 6.07 Å². The Hall–Kier alpha value is -3.67. The molecule has 178 valence electrons. The van der Waals surface area contributed by atoms with Gasteiger partial charge in [-0.2, -0.15) is 19.0 Å². The highest BCUT2D eigenvalue weighted by molar-refractivity contribution is 6.30. The van der Waals surface area contributed by atoms with Gasteiger partial charge in [-0.25, -0.2) is 14.2 Å². The van der Waals surface area contributed by atoms with Gasteiger partial charge in [0.1, 0.15) is 5.69 Å². The average Bonchev–Trinajstić information content (AvgIpc) is 3.40. The third kappa shape index (κ3) is 3.97. The predicted octanol–water partition coefficient (Wildman–Crippen LogP) is 3.53. The first-order valence-electron chi connectivity index (χ1n) is 10.9. The Labute approximate surface area is 202 Å². The van der Waals surface area contributed by atoms with Crippen LogP contribution >= 0.6 is 11.6 Å². The summed E-state index contributed by atoms with van der Waals surface area (Å²) < 4.78 is 34.3. The van der Waals surface area contributed by atoms with Gasteiger partial charge in [0.15, 0.2) is 11.4 Å². The molecule has 2 N–H and O–H groups in total. The zero-order valence-corrected chi connectivity index (χ0v) is 19.0. The van der Waals surface area contributed by atoms with E-state index in [1.54, 1.807) is 46.1 Å². The van der Waals surface area contributed by atoms with E-state index in [1.165, 1.54) is 12.1 Å². The van der Waals surface area contributed by atoms with E-state index in [0.29, 0.717) is 34.1 Å². The molecule has 0 atom stereocenters. The van der Waals surface area contributed by atoms with Crippen molar-refractivity contribution in [2.24, 2.45) is 5.73 Å². The Bertz CT molecular complexity index is 1550. The summed E-state index contributed by atoms with van der Waals surface area (Å²) in [7, 11) is 0. The molecule has 1 aromatic carbocycles. The first-order valence-corrected chi connectivity index (χ1v) is 11.2. The van der Waals surface area contributed by atoms with Gasteiger partial charge in [-0.15, -0.1) is 0 Å². The topological polar surface area (TPSA) is 99.4 Å². The van der Waals surface area contributed by atoms with Gasteiger partial charge in [0.2, 0.25) is 0 Å². The van der Waals surface area contributed by atoms with Crippen molar-refractivity contribution >= 4 is 28.2 Å². The van der Waals surface area contributed by atoms with E-state index in [9.17, 15) is 8.78 Å². The van der Waals surface area contributed by atoms with Crippen molar-refractivity contribution in [2.45, 2.75) is 19.2 Å². The number of rotatable bonds is 6. The number of aromatic nitrogens is 6. The van der Waals surface area contributed by atoms with E-state index in [-0.39, 0.29) is 11.8 Å². The summed E-state index contributed by atoms with van der Waals surface area (Å²) in [5.41, 5.74) is 9.62. The van der Waals surface area contributed by atoms with E-state index in [0.717, 1.165) is 29.7 Å². The standard InChI is InChI=1S/C23H19ClF2N8O/c24-13-2-3-21(35-23(25)26)20(6-13)34-19-7-17(16-9-30-33-5-1-4-28-22(16)33)29-8-15(19)18(31-34)12-32-10-14(27)11-32/h1-9,14,23H,10-12,27H2. The van der Waals surface area contributed by atoms with Crippen LogP contribution in [0.3, 0.4) is 0 Å². The zero-order valence-electron chi connectivity index (χ0n) is 18.2. The number of nitrogens with zero attached hydrogens (tertiary/aromatic N) is 7. The second-order valence-electron chi connectivity index (χ2n) is 8.34. The molecule has 0 amide bonds. The number of alkyl halides is 2. The first kappa shape index (κ1) is 21.8. The minimum atomic E-state index is -3.00. The van der Waals surface area contributed by atoms with Gasteiger partial charge in [0.05, 0.1) is 28.7 Å². The molecule has 4 aromatic heterocycles. The van der Waals surface area contributed by atoms with Crippen molar-refractivity contribution in [3.05, 3.63) is 65.8 Å². The smallest absolute Gasteiger partial charge is 0.387 e. The Morgan fingerprint density at radius 3 is 2.83 bits per heavy atom. The molecule has 0 saturated carbocycles. The largest absolute Gasteiger partial charge is 0.433 e. The lowest BCUT2D eigenvalue weighted by atomic mass is 10.1. The van der Waals surface area contributed by atoms with Crippen LogP contribution in [0.25, 0.3) is 33.5 Å². The lowest BCUT2D eigenvalue weighted by molar-refractivity contribution is -0.0498. The molecule has 5 aromatic rings. The molecule has 6 rings (SSSR count). The molecule has 9 nitrogen and oxygen atoms in total. The number of benzene rings is 1. The fourth-order valence-electron chi connectivity index (χ4n) is 4.33. The molecule has 1 aliphatic rings. The van der Waals surface area contributed by atoms with Crippen LogP contribution in [-0.4, -0.2) is 60.0 Å².